The lowest BCUT2D eigenvalue weighted by atomic mass is 10.1. The van der Waals surface area contributed by atoms with Crippen molar-refractivity contribution in [3.8, 4) is 11.1 Å². The molecule has 0 spiro atoms. The zero-order valence-electron chi connectivity index (χ0n) is 16.5. The van der Waals surface area contributed by atoms with E-state index in [-0.39, 0.29) is 12.2 Å². The number of aliphatic hydroxyl groups is 1. The Bertz CT molecular complexity index is 1180. The van der Waals surface area contributed by atoms with Crippen molar-refractivity contribution in [2.24, 2.45) is 0 Å². The van der Waals surface area contributed by atoms with E-state index in [0.717, 1.165) is 29.7 Å². The van der Waals surface area contributed by atoms with E-state index >= 15 is 0 Å². The van der Waals surface area contributed by atoms with E-state index in [9.17, 15) is 4.79 Å². The summed E-state index contributed by atoms with van der Waals surface area (Å²) >= 11 is 0. The molecule has 2 N–H and O–H groups in total. The van der Waals surface area contributed by atoms with Gasteiger partial charge >= 0.3 is 5.63 Å². The number of morpholine rings is 1. The molecule has 11 heteroatoms. The minimum absolute atomic E-state index is 0.0770. The van der Waals surface area contributed by atoms with Crippen molar-refractivity contribution in [2.75, 3.05) is 37.8 Å². The van der Waals surface area contributed by atoms with E-state index in [1.54, 1.807) is 0 Å². The fourth-order valence-electron chi connectivity index (χ4n) is 3.22. The second kappa shape index (κ2) is 9.98. The molecule has 1 aliphatic rings. The average molecular weight is 450 g/mol. The molecule has 0 unspecified atom stereocenters. The monoisotopic (exact) mass is 450 g/mol. The van der Waals surface area contributed by atoms with Crippen molar-refractivity contribution in [1.82, 2.24) is 0 Å². The third-order valence-electron chi connectivity index (χ3n) is 4.66. The number of rotatable bonds is 4. The lowest BCUT2D eigenvalue weighted by molar-refractivity contribution is -0.698. The van der Waals surface area contributed by atoms with E-state index < -0.39 is 10.4 Å². The van der Waals surface area contributed by atoms with Gasteiger partial charge in [-0.3, -0.25) is 4.55 Å². The van der Waals surface area contributed by atoms with Crippen LogP contribution in [0.4, 0.5) is 5.69 Å². The highest BCUT2D eigenvalue weighted by atomic mass is 32.3. The second-order valence-electron chi connectivity index (χ2n) is 6.75. The van der Waals surface area contributed by atoms with Crippen LogP contribution in [-0.4, -0.2) is 55.5 Å². The minimum Gasteiger partial charge on any atom is -0.726 e. The molecule has 3 heterocycles. The molecule has 0 amide bonds. The first-order valence-corrected chi connectivity index (χ1v) is 10.8. The van der Waals surface area contributed by atoms with Gasteiger partial charge in [-0.05, 0) is 18.2 Å². The van der Waals surface area contributed by atoms with Gasteiger partial charge in [-0.25, -0.2) is 17.8 Å². The average Bonchev–Trinajstić information content (AvgIpc) is 2.73. The second-order valence-corrected chi connectivity index (χ2v) is 7.60. The van der Waals surface area contributed by atoms with Crippen LogP contribution in [-0.2, 0) is 21.7 Å². The summed E-state index contributed by atoms with van der Waals surface area (Å²) in [5.41, 5.74) is 2.62. The third kappa shape index (κ3) is 6.57. The van der Waals surface area contributed by atoms with Gasteiger partial charge in [-0.2, -0.15) is 0 Å². The molecular formula is C20H22N2O8S. The summed E-state index contributed by atoms with van der Waals surface area (Å²) < 4.78 is 45.7. The summed E-state index contributed by atoms with van der Waals surface area (Å²) in [5, 5.41) is 9.88. The molecule has 10 nitrogen and oxygen atoms in total. The lowest BCUT2D eigenvalue weighted by Crippen LogP contribution is -2.36. The maximum atomic E-state index is 12.5. The standard InChI is InChI=1S/C20H21N2O4.H2O4S/c23-10-7-21-5-3-15(4-6-21)18-13-16-1-2-17(14-19(16)26-20(18)24)22-8-11-25-12-9-22;1-5(2,3)4/h1-6,13-14,23H,7-12H2;(H2,1,2,3,4)/q+1;/p-1. The zero-order valence-corrected chi connectivity index (χ0v) is 17.3. The van der Waals surface area contributed by atoms with Crippen LogP contribution in [0.2, 0.25) is 0 Å². The number of hydrogen-bond donors (Lipinski definition) is 2. The van der Waals surface area contributed by atoms with Crippen molar-refractivity contribution >= 4 is 27.1 Å². The summed E-state index contributed by atoms with van der Waals surface area (Å²) in [7, 11) is -4.92. The number of benzene rings is 1. The summed E-state index contributed by atoms with van der Waals surface area (Å²) in [6.07, 6.45) is 3.69. The predicted octanol–water partition coefficient (Wildman–Crippen LogP) is 0.581. The Morgan fingerprint density at radius 1 is 1.10 bits per heavy atom. The molecule has 1 aliphatic heterocycles. The molecule has 1 fully saturated rings. The van der Waals surface area contributed by atoms with Crippen molar-refractivity contribution in [3.63, 3.8) is 0 Å². The summed E-state index contributed by atoms with van der Waals surface area (Å²) in [4.78, 5) is 14.7. The number of ether oxygens (including phenoxy) is 1. The molecule has 166 valence electrons. The molecule has 0 saturated carbocycles. The van der Waals surface area contributed by atoms with Gasteiger partial charge in [0.15, 0.2) is 18.9 Å². The van der Waals surface area contributed by atoms with Crippen molar-refractivity contribution in [1.29, 1.82) is 0 Å². The topological polar surface area (TPSA) is 144 Å². The zero-order chi connectivity index (χ0) is 22.4. The van der Waals surface area contributed by atoms with E-state index in [0.29, 0.717) is 30.9 Å². The highest BCUT2D eigenvalue weighted by Crippen LogP contribution is 2.25. The van der Waals surface area contributed by atoms with Gasteiger partial charge < -0.3 is 23.7 Å². The number of fused-ring (bicyclic) bond motifs is 1. The number of pyridine rings is 1. The maximum absolute atomic E-state index is 12.5. The number of aromatic nitrogens is 1. The molecule has 31 heavy (non-hydrogen) atoms. The number of nitrogens with zero attached hydrogens (tertiary/aromatic N) is 2. The van der Waals surface area contributed by atoms with Crippen LogP contribution in [0.15, 0.2) is 58.0 Å². The number of aliphatic hydroxyl groups excluding tert-OH is 1. The largest absolute Gasteiger partial charge is 0.726 e. The Balaban J connectivity index is 0.000000491. The smallest absolute Gasteiger partial charge is 0.344 e. The molecule has 1 saturated heterocycles. The molecule has 0 aliphatic carbocycles. The normalized spacial score (nSPS) is 14.2. The fourth-order valence-corrected chi connectivity index (χ4v) is 3.22. The molecule has 0 radical (unpaired) electrons. The Morgan fingerprint density at radius 2 is 1.74 bits per heavy atom. The summed E-state index contributed by atoms with van der Waals surface area (Å²) in [6, 6.07) is 11.5. The van der Waals surface area contributed by atoms with Crippen LogP contribution >= 0.6 is 0 Å². The van der Waals surface area contributed by atoms with Crippen molar-refractivity contribution in [2.45, 2.75) is 6.54 Å². The molecule has 3 aromatic rings. The van der Waals surface area contributed by atoms with Crippen LogP contribution in [0, 0.1) is 0 Å². The SMILES string of the molecule is O=S(=O)([O-])O.O=c1oc2cc(N3CCOCC3)ccc2cc1-c1cc[n+](CCO)cc1. The third-order valence-corrected chi connectivity index (χ3v) is 4.66. The van der Waals surface area contributed by atoms with E-state index in [1.807, 2.05) is 47.3 Å². The predicted molar refractivity (Wildman–Crippen MR) is 111 cm³/mol. The van der Waals surface area contributed by atoms with Gasteiger partial charge in [-0.1, -0.05) is 0 Å². The lowest BCUT2D eigenvalue weighted by Gasteiger charge is -2.28. The first-order chi connectivity index (χ1) is 14.7. The Hall–Kier alpha value is -2.83. The number of hydrogen-bond acceptors (Lipinski definition) is 8. The van der Waals surface area contributed by atoms with Crippen LogP contribution in [0.5, 0.6) is 0 Å². The van der Waals surface area contributed by atoms with Gasteiger partial charge in [0.2, 0.25) is 10.4 Å². The van der Waals surface area contributed by atoms with Crippen molar-refractivity contribution < 1.29 is 36.4 Å². The molecule has 1 aromatic carbocycles. The van der Waals surface area contributed by atoms with Gasteiger partial charge in [0.05, 0.1) is 18.8 Å². The Kier molecular flexibility index (Phi) is 7.36. The molecule has 0 atom stereocenters. The molecule has 2 aromatic heterocycles. The maximum Gasteiger partial charge on any atom is 0.344 e. The Morgan fingerprint density at radius 3 is 2.35 bits per heavy atom. The summed E-state index contributed by atoms with van der Waals surface area (Å²) in [5.74, 6) is 0. The van der Waals surface area contributed by atoms with Gasteiger partial charge in [0, 0.05) is 47.9 Å². The number of anilines is 1. The Labute approximate surface area is 178 Å². The van der Waals surface area contributed by atoms with Crippen LogP contribution in [0.3, 0.4) is 0 Å². The quantitative estimate of drug-likeness (QED) is 0.252. The fraction of sp³-hybridized carbons (Fsp3) is 0.300. The minimum atomic E-state index is -4.92. The van der Waals surface area contributed by atoms with Gasteiger partial charge in [0.25, 0.3) is 0 Å². The van der Waals surface area contributed by atoms with Crippen molar-refractivity contribution in [3.05, 3.63) is 59.2 Å². The van der Waals surface area contributed by atoms with Crippen LogP contribution < -0.4 is 15.1 Å². The van der Waals surface area contributed by atoms with E-state index in [2.05, 4.69) is 11.0 Å². The van der Waals surface area contributed by atoms with Gasteiger partial charge in [-0.15, -0.1) is 0 Å². The van der Waals surface area contributed by atoms with Crippen LogP contribution in [0.25, 0.3) is 22.1 Å². The first kappa shape index (κ1) is 22.8. The first-order valence-electron chi connectivity index (χ1n) is 9.44. The molecule has 0 bridgehead atoms. The highest BCUT2D eigenvalue weighted by Gasteiger charge is 2.14. The molecular weight excluding hydrogens is 428 g/mol. The van der Waals surface area contributed by atoms with E-state index in [4.69, 9.17) is 31.8 Å². The molecule has 4 rings (SSSR count). The highest BCUT2D eigenvalue weighted by molar-refractivity contribution is 7.79. The summed E-state index contributed by atoms with van der Waals surface area (Å²) in [6.45, 7) is 3.71. The van der Waals surface area contributed by atoms with E-state index in [1.165, 1.54) is 0 Å². The van der Waals surface area contributed by atoms with Gasteiger partial charge in [0.1, 0.15) is 12.2 Å². The van der Waals surface area contributed by atoms with Crippen LogP contribution in [0.1, 0.15) is 0 Å².